The van der Waals surface area contributed by atoms with Crippen LogP contribution >= 0.6 is 0 Å². The van der Waals surface area contributed by atoms with Gasteiger partial charge in [0, 0.05) is 6.54 Å². The van der Waals surface area contributed by atoms with Crippen molar-refractivity contribution in [1.29, 1.82) is 0 Å². The predicted molar refractivity (Wildman–Crippen MR) is 78.4 cm³/mol. The first-order valence-corrected chi connectivity index (χ1v) is 6.87. The Morgan fingerprint density at radius 1 is 1.17 bits per heavy atom. The molecule has 0 saturated heterocycles. The van der Waals surface area contributed by atoms with Gasteiger partial charge in [-0.05, 0) is 49.1 Å². The highest BCUT2D eigenvalue weighted by Crippen LogP contribution is 2.24. The zero-order valence-corrected chi connectivity index (χ0v) is 12.6. The van der Waals surface area contributed by atoms with Gasteiger partial charge in [0.2, 0.25) is 0 Å². The highest BCUT2D eigenvalue weighted by atomic mass is 16.5. The largest absolute Gasteiger partial charge is 0.489 e. The third kappa shape index (κ3) is 4.02. The minimum Gasteiger partial charge on any atom is -0.489 e. The molecule has 0 bridgehead atoms. The number of benzene rings is 1. The summed E-state index contributed by atoms with van der Waals surface area (Å²) in [5.41, 5.74) is 2.71. The molecule has 18 heavy (non-hydrogen) atoms. The van der Waals surface area contributed by atoms with E-state index in [4.69, 9.17) is 4.74 Å². The number of hydrogen-bond donors (Lipinski definition) is 1. The highest BCUT2D eigenvalue weighted by Gasteiger charge is 2.14. The first kappa shape index (κ1) is 15.0. The van der Waals surface area contributed by atoms with Crippen LogP contribution < -0.4 is 10.1 Å². The molecule has 0 spiro atoms. The van der Waals surface area contributed by atoms with Crippen LogP contribution in [0.2, 0.25) is 0 Å². The molecule has 0 radical (unpaired) electrons. The van der Waals surface area contributed by atoms with Crippen molar-refractivity contribution in [3.8, 4) is 5.75 Å². The van der Waals surface area contributed by atoms with Crippen molar-refractivity contribution < 1.29 is 4.74 Å². The normalized spacial score (nSPS) is 13.1. The number of hydrogen-bond acceptors (Lipinski definition) is 2. The van der Waals surface area contributed by atoms with Gasteiger partial charge >= 0.3 is 0 Å². The standard InChI is InChI=1S/C16H27NO/c1-11(2)15-8-7-14(9-13(15)5)18-16(10-17-6)12(3)4/h7-9,11-12,16-17H,10H2,1-6H3. The molecule has 0 heterocycles. The van der Waals surface area contributed by atoms with Gasteiger partial charge in [0.1, 0.15) is 11.9 Å². The van der Waals surface area contributed by atoms with Crippen LogP contribution in [0.1, 0.15) is 44.7 Å². The summed E-state index contributed by atoms with van der Waals surface area (Å²) >= 11 is 0. The van der Waals surface area contributed by atoms with Crippen LogP contribution in [0, 0.1) is 12.8 Å². The summed E-state index contributed by atoms with van der Waals surface area (Å²) < 4.78 is 6.07. The van der Waals surface area contributed by atoms with Crippen LogP contribution in [0.15, 0.2) is 18.2 Å². The quantitative estimate of drug-likeness (QED) is 0.829. The Labute approximate surface area is 112 Å². The molecule has 1 aromatic rings. The van der Waals surface area contributed by atoms with E-state index in [1.807, 2.05) is 7.05 Å². The van der Waals surface area contributed by atoms with E-state index in [0.717, 1.165) is 12.3 Å². The van der Waals surface area contributed by atoms with Crippen molar-refractivity contribution in [2.24, 2.45) is 5.92 Å². The Morgan fingerprint density at radius 3 is 2.28 bits per heavy atom. The number of aryl methyl sites for hydroxylation is 1. The fourth-order valence-corrected chi connectivity index (χ4v) is 2.16. The molecule has 0 amide bonds. The number of likely N-dealkylation sites (N-methyl/N-ethyl adjacent to an activating group) is 1. The average Bonchev–Trinajstić information content (AvgIpc) is 2.27. The van der Waals surface area contributed by atoms with E-state index in [1.54, 1.807) is 0 Å². The maximum Gasteiger partial charge on any atom is 0.120 e. The van der Waals surface area contributed by atoms with Gasteiger partial charge in [-0.15, -0.1) is 0 Å². The number of ether oxygens (including phenoxy) is 1. The van der Waals surface area contributed by atoms with Crippen molar-refractivity contribution in [2.45, 2.75) is 46.6 Å². The summed E-state index contributed by atoms with van der Waals surface area (Å²) in [6, 6.07) is 6.43. The molecule has 1 N–H and O–H groups in total. The number of nitrogens with one attached hydrogen (secondary N) is 1. The van der Waals surface area contributed by atoms with Crippen LogP contribution in [-0.4, -0.2) is 19.7 Å². The molecule has 0 aliphatic rings. The first-order valence-electron chi connectivity index (χ1n) is 6.87. The minimum absolute atomic E-state index is 0.222. The van der Waals surface area contributed by atoms with Crippen molar-refractivity contribution in [3.63, 3.8) is 0 Å². The molecule has 1 aromatic carbocycles. The molecule has 2 heteroatoms. The second-order valence-corrected chi connectivity index (χ2v) is 5.63. The summed E-state index contributed by atoms with van der Waals surface area (Å²) in [6.07, 6.45) is 0.222. The lowest BCUT2D eigenvalue weighted by atomic mass is 9.98. The van der Waals surface area contributed by atoms with Crippen LogP contribution in [0.3, 0.4) is 0 Å². The SMILES string of the molecule is CNCC(Oc1ccc(C(C)C)c(C)c1)C(C)C. The fraction of sp³-hybridized carbons (Fsp3) is 0.625. The lowest BCUT2D eigenvalue weighted by molar-refractivity contribution is 0.151. The van der Waals surface area contributed by atoms with Crippen molar-refractivity contribution in [1.82, 2.24) is 5.32 Å². The molecule has 0 aliphatic heterocycles. The van der Waals surface area contributed by atoms with E-state index in [1.165, 1.54) is 11.1 Å². The van der Waals surface area contributed by atoms with Gasteiger partial charge in [0.25, 0.3) is 0 Å². The average molecular weight is 249 g/mol. The molecule has 0 saturated carbocycles. The summed E-state index contributed by atoms with van der Waals surface area (Å²) in [5.74, 6) is 2.05. The Kier molecular flexibility index (Phi) is 5.67. The number of rotatable bonds is 6. The van der Waals surface area contributed by atoms with Crippen LogP contribution in [0.25, 0.3) is 0 Å². The van der Waals surface area contributed by atoms with Crippen LogP contribution in [-0.2, 0) is 0 Å². The van der Waals surface area contributed by atoms with E-state index >= 15 is 0 Å². The molecular weight excluding hydrogens is 222 g/mol. The van der Waals surface area contributed by atoms with Crippen molar-refractivity contribution in [3.05, 3.63) is 29.3 Å². The minimum atomic E-state index is 0.222. The monoisotopic (exact) mass is 249 g/mol. The van der Waals surface area contributed by atoms with Crippen molar-refractivity contribution in [2.75, 3.05) is 13.6 Å². The fourth-order valence-electron chi connectivity index (χ4n) is 2.16. The molecule has 0 aliphatic carbocycles. The lowest BCUT2D eigenvalue weighted by Gasteiger charge is -2.23. The molecular formula is C16H27NO. The van der Waals surface area contributed by atoms with Crippen LogP contribution in [0.4, 0.5) is 0 Å². The maximum atomic E-state index is 6.07. The second-order valence-electron chi connectivity index (χ2n) is 5.63. The summed E-state index contributed by atoms with van der Waals surface area (Å²) in [4.78, 5) is 0. The van der Waals surface area contributed by atoms with E-state index in [2.05, 4.69) is 58.1 Å². The third-order valence-electron chi connectivity index (χ3n) is 3.30. The first-order chi connectivity index (χ1) is 8.45. The summed E-state index contributed by atoms with van der Waals surface area (Å²) in [7, 11) is 1.96. The zero-order valence-electron chi connectivity index (χ0n) is 12.6. The molecule has 2 nitrogen and oxygen atoms in total. The van der Waals surface area contributed by atoms with E-state index in [9.17, 15) is 0 Å². The molecule has 102 valence electrons. The Bertz CT molecular complexity index is 371. The van der Waals surface area contributed by atoms with Gasteiger partial charge in [0.05, 0.1) is 0 Å². The topological polar surface area (TPSA) is 21.3 Å². The molecule has 1 unspecified atom stereocenters. The predicted octanol–water partition coefficient (Wildman–Crippen LogP) is 3.74. The van der Waals surface area contributed by atoms with Gasteiger partial charge in [-0.1, -0.05) is 33.8 Å². The van der Waals surface area contributed by atoms with Gasteiger partial charge in [-0.25, -0.2) is 0 Å². The van der Waals surface area contributed by atoms with Gasteiger partial charge < -0.3 is 10.1 Å². The summed E-state index contributed by atoms with van der Waals surface area (Å²) in [6.45, 7) is 11.9. The van der Waals surface area contributed by atoms with E-state index < -0.39 is 0 Å². The lowest BCUT2D eigenvalue weighted by Crippen LogP contribution is -2.33. The second kappa shape index (κ2) is 6.79. The van der Waals surface area contributed by atoms with E-state index in [-0.39, 0.29) is 6.10 Å². The summed E-state index contributed by atoms with van der Waals surface area (Å²) in [5, 5.41) is 3.19. The zero-order chi connectivity index (χ0) is 13.7. The van der Waals surface area contributed by atoms with Gasteiger partial charge in [-0.2, -0.15) is 0 Å². The third-order valence-corrected chi connectivity index (χ3v) is 3.30. The Balaban J connectivity index is 2.81. The maximum absolute atomic E-state index is 6.07. The molecule has 0 fully saturated rings. The van der Waals surface area contributed by atoms with E-state index in [0.29, 0.717) is 11.8 Å². The van der Waals surface area contributed by atoms with Crippen molar-refractivity contribution >= 4 is 0 Å². The Morgan fingerprint density at radius 2 is 1.83 bits per heavy atom. The van der Waals surface area contributed by atoms with Crippen LogP contribution in [0.5, 0.6) is 5.75 Å². The Hall–Kier alpha value is -1.02. The van der Waals surface area contributed by atoms with Gasteiger partial charge in [-0.3, -0.25) is 0 Å². The molecule has 0 aromatic heterocycles. The highest BCUT2D eigenvalue weighted by molar-refractivity contribution is 5.36. The molecule has 1 atom stereocenters. The molecule has 1 rings (SSSR count). The smallest absolute Gasteiger partial charge is 0.120 e. The van der Waals surface area contributed by atoms with Gasteiger partial charge in [0.15, 0.2) is 0 Å².